The van der Waals surface area contributed by atoms with E-state index < -0.39 is 29.3 Å². The smallest absolute Gasteiger partial charge is 0.416 e. The van der Waals surface area contributed by atoms with Gasteiger partial charge < -0.3 is 15.8 Å². The van der Waals surface area contributed by atoms with E-state index in [1.807, 2.05) is 0 Å². The molecule has 1 fully saturated rings. The van der Waals surface area contributed by atoms with Gasteiger partial charge in [-0.2, -0.15) is 13.2 Å². The number of carbonyl (C=O) groups excluding carboxylic acids is 1. The quantitative estimate of drug-likeness (QED) is 0.324. The lowest BCUT2D eigenvalue weighted by Gasteiger charge is -2.19. The number of nitrogens with two attached hydrogens (primary N) is 1. The van der Waals surface area contributed by atoms with Crippen molar-refractivity contribution in [1.29, 1.82) is 0 Å². The minimum atomic E-state index is -4.68. The number of nitrogens with one attached hydrogen (secondary N) is 1. The fourth-order valence-electron chi connectivity index (χ4n) is 3.50. The molecule has 0 heterocycles. The minimum absolute atomic E-state index is 0.0415. The van der Waals surface area contributed by atoms with E-state index >= 15 is 0 Å². The first-order valence-electron chi connectivity index (χ1n) is 10.1. The van der Waals surface area contributed by atoms with E-state index in [1.165, 1.54) is 24.3 Å². The summed E-state index contributed by atoms with van der Waals surface area (Å²) in [5.41, 5.74) is 4.53. The Morgan fingerprint density at radius 2 is 1.76 bits per heavy atom. The van der Waals surface area contributed by atoms with E-state index in [2.05, 4.69) is 5.32 Å². The SMILES string of the molecule is Cc1cc(F)ccc1Oc1cc(C2CC2)c(C(F)(F)F)cc1C(=O)Nc1ccc(F)c(N)c1. The summed E-state index contributed by atoms with van der Waals surface area (Å²) in [4.78, 5) is 13.0. The molecule has 1 aliphatic rings. The summed E-state index contributed by atoms with van der Waals surface area (Å²) < 4.78 is 74.1. The van der Waals surface area contributed by atoms with Crippen LogP contribution in [0.4, 0.5) is 33.3 Å². The molecule has 1 aliphatic carbocycles. The van der Waals surface area contributed by atoms with Crippen molar-refractivity contribution < 1.29 is 31.5 Å². The number of amides is 1. The van der Waals surface area contributed by atoms with Gasteiger partial charge in [-0.25, -0.2) is 8.78 Å². The van der Waals surface area contributed by atoms with Crippen LogP contribution >= 0.6 is 0 Å². The third kappa shape index (κ3) is 4.92. The second-order valence-electron chi connectivity index (χ2n) is 7.91. The zero-order valence-electron chi connectivity index (χ0n) is 17.4. The van der Waals surface area contributed by atoms with E-state index in [0.717, 1.165) is 24.3 Å². The Labute approximate surface area is 186 Å². The van der Waals surface area contributed by atoms with E-state index in [-0.39, 0.29) is 39.9 Å². The molecule has 0 bridgehead atoms. The van der Waals surface area contributed by atoms with Gasteiger partial charge in [-0.05, 0) is 85.3 Å². The normalized spacial score (nSPS) is 13.6. The highest BCUT2D eigenvalue weighted by Gasteiger charge is 2.40. The number of benzene rings is 3. The topological polar surface area (TPSA) is 64.3 Å². The Bertz CT molecular complexity index is 1240. The average molecular weight is 462 g/mol. The van der Waals surface area contributed by atoms with Gasteiger partial charge in [-0.1, -0.05) is 0 Å². The maximum atomic E-state index is 13.8. The zero-order valence-corrected chi connectivity index (χ0v) is 17.4. The first-order valence-corrected chi connectivity index (χ1v) is 10.1. The Hall–Kier alpha value is -3.62. The van der Waals surface area contributed by atoms with Crippen molar-refractivity contribution in [1.82, 2.24) is 0 Å². The maximum Gasteiger partial charge on any atom is 0.416 e. The van der Waals surface area contributed by atoms with Gasteiger partial charge in [0.1, 0.15) is 23.1 Å². The van der Waals surface area contributed by atoms with Crippen molar-refractivity contribution in [3.05, 3.63) is 82.4 Å². The molecule has 3 N–H and O–H groups in total. The van der Waals surface area contributed by atoms with Gasteiger partial charge in [-0.15, -0.1) is 0 Å². The van der Waals surface area contributed by atoms with Gasteiger partial charge in [0.2, 0.25) is 0 Å². The van der Waals surface area contributed by atoms with Gasteiger partial charge in [0.05, 0.1) is 16.8 Å². The van der Waals surface area contributed by atoms with Crippen LogP contribution in [-0.4, -0.2) is 5.91 Å². The molecule has 3 aromatic carbocycles. The number of hydrogen-bond acceptors (Lipinski definition) is 3. The van der Waals surface area contributed by atoms with E-state index in [4.69, 9.17) is 10.5 Å². The molecular formula is C24H19F5N2O2. The molecule has 4 nitrogen and oxygen atoms in total. The van der Waals surface area contributed by atoms with Crippen molar-refractivity contribution in [3.63, 3.8) is 0 Å². The molecular weight excluding hydrogens is 443 g/mol. The number of halogens is 5. The van der Waals surface area contributed by atoms with Crippen LogP contribution in [0.3, 0.4) is 0 Å². The molecule has 3 aromatic rings. The highest BCUT2D eigenvalue weighted by Crippen LogP contribution is 2.48. The molecule has 172 valence electrons. The molecule has 9 heteroatoms. The molecule has 0 radical (unpaired) electrons. The molecule has 0 saturated heterocycles. The van der Waals surface area contributed by atoms with Crippen molar-refractivity contribution in [2.45, 2.75) is 31.9 Å². The summed E-state index contributed by atoms with van der Waals surface area (Å²) in [6, 6.07) is 9.08. The predicted molar refractivity (Wildman–Crippen MR) is 113 cm³/mol. The Kier molecular flexibility index (Phi) is 5.73. The highest BCUT2D eigenvalue weighted by atomic mass is 19.4. The Balaban J connectivity index is 1.79. The number of alkyl halides is 3. The Morgan fingerprint density at radius 1 is 1.03 bits per heavy atom. The molecule has 0 spiro atoms. The van der Waals surface area contributed by atoms with Crippen LogP contribution in [0.1, 0.15) is 45.8 Å². The first-order chi connectivity index (χ1) is 15.5. The average Bonchev–Trinajstić information content (AvgIpc) is 3.57. The number of carbonyl (C=O) groups is 1. The number of rotatable bonds is 5. The molecule has 0 aromatic heterocycles. The summed E-state index contributed by atoms with van der Waals surface area (Å²) in [6.07, 6.45) is -3.49. The number of nitrogen functional groups attached to an aromatic ring is 1. The molecule has 33 heavy (non-hydrogen) atoms. The largest absolute Gasteiger partial charge is 0.456 e. The molecule has 4 rings (SSSR count). The van der Waals surface area contributed by atoms with Gasteiger partial charge in [-0.3, -0.25) is 4.79 Å². The number of hydrogen-bond donors (Lipinski definition) is 2. The van der Waals surface area contributed by atoms with Crippen molar-refractivity contribution >= 4 is 17.3 Å². The molecule has 1 amide bonds. The monoisotopic (exact) mass is 462 g/mol. The van der Waals surface area contributed by atoms with Crippen LogP contribution in [0.5, 0.6) is 11.5 Å². The van der Waals surface area contributed by atoms with E-state index in [9.17, 15) is 26.7 Å². The van der Waals surface area contributed by atoms with Gasteiger partial charge in [0, 0.05) is 5.69 Å². The van der Waals surface area contributed by atoms with Crippen molar-refractivity contribution in [2.75, 3.05) is 11.1 Å². The molecule has 0 aliphatic heterocycles. The fourth-order valence-corrected chi connectivity index (χ4v) is 3.50. The second kappa shape index (κ2) is 8.38. The number of anilines is 2. The predicted octanol–water partition coefficient (Wildman–Crippen LogP) is 6.80. The molecule has 1 saturated carbocycles. The molecule has 0 atom stereocenters. The third-order valence-corrected chi connectivity index (χ3v) is 5.33. The third-order valence-electron chi connectivity index (χ3n) is 5.33. The van der Waals surface area contributed by atoms with Crippen molar-refractivity contribution in [2.24, 2.45) is 0 Å². The van der Waals surface area contributed by atoms with E-state index in [0.29, 0.717) is 18.4 Å². The summed E-state index contributed by atoms with van der Waals surface area (Å²) in [6.45, 7) is 1.57. The lowest BCUT2D eigenvalue weighted by Crippen LogP contribution is -2.17. The summed E-state index contributed by atoms with van der Waals surface area (Å²) in [5, 5.41) is 2.43. The zero-order chi connectivity index (χ0) is 23.9. The molecule has 0 unspecified atom stereocenters. The summed E-state index contributed by atoms with van der Waals surface area (Å²) >= 11 is 0. The van der Waals surface area contributed by atoms with Crippen LogP contribution in [0.25, 0.3) is 0 Å². The van der Waals surface area contributed by atoms with Crippen LogP contribution in [0, 0.1) is 18.6 Å². The van der Waals surface area contributed by atoms with Gasteiger partial charge in [0.25, 0.3) is 5.91 Å². The van der Waals surface area contributed by atoms with Crippen molar-refractivity contribution in [3.8, 4) is 11.5 Å². The van der Waals surface area contributed by atoms with Gasteiger partial charge >= 0.3 is 6.18 Å². The lowest BCUT2D eigenvalue weighted by molar-refractivity contribution is -0.138. The highest BCUT2D eigenvalue weighted by molar-refractivity contribution is 6.06. The lowest BCUT2D eigenvalue weighted by atomic mass is 9.98. The van der Waals surface area contributed by atoms with Crippen LogP contribution < -0.4 is 15.8 Å². The second-order valence-corrected chi connectivity index (χ2v) is 7.91. The number of aryl methyl sites for hydroxylation is 1. The Morgan fingerprint density at radius 3 is 2.36 bits per heavy atom. The summed E-state index contributed by atoms with van der Waals surface area (Å²) in [7, 11) is 0. The minimum Gasteiger partial charge on any atom is -0.456 e. The van der Waals surface area contributed by atoms with E-state index in [1.54, 1.807) is 6.92 Å². The number of ether oxygens (including phenoxy) is 1. The van der Waals surface area contributed by atoms with Gasteiger partial charge in [0.15, 0.2) is 0 Å². The van der Waals surface area contributed by atoms with Crippen LogP contribution in [0.15, 0.2) is 48.5 Å². The standard InChI is InChI=1S/C24H19F5N2O2/c1-12-8-14(25)4-7-21(12)33-22-11-16(13-2-3-13)18(24(27,28)29)10-17(22)23(32)31-15-5-6-19(26)20(30)9-15/h4-11,13H,2-3,30H2,1H3,(H,31,32). The fraction of sp³-hybridized carbons (Fsp3) is 0.208. The maximum absolute atomic E-state index is 13.8. The van der Waals surface area contributed by atoms with Crippen LogP contribution in [0.2, 0.25) is 0 Å². The first kappa shape index (κ1) is 22.6. The van der Waals surface area contributed by atoms with Crippen LogP contribution in [-0.2, 0) is 6.18 Å². The summed E-state index contributed by atoms with van der Waals surface area (Å²) in [5.74, 6) is -2.30.